The zero-order valence-corrected chi connectivity index (χ0v) is 10.8. The monoisotopic (exact) mass is 259 g/mol. The minimum absolute atomic E-state index is 0.650. The molecule has 0 aliphatic rings. The van der Waals surface area contributed by atoms with Crippen LogP contribution in [0.2, 0.25) is 0 Å². The van der Waals surface area contributed by atoms with Crippen LogP contribution in [0, 0.1) is 0 Å². The molecule has 0 unspecified atom stereocenters. The van der Waals surface area contributed by atoms with Crippen molar-refractivity contribution in [2.24, 2.45) is 0 Å². The molecule has 0 saturated heterocycles. The molecule has 1 heterocycles. The number of pyridine rings is 1. The lowest BCUT2D eigenvalue weighted by atomic mass is 10.2. The van der Waals surface area contributed by atoms with Gasteiger partial charge in [0, 0.05) is 28.0 Å². The normalized spacial score (nSPS) is 10.1. The first-order chi connectivity index (χ1) is 8.83. The summed E-state index contributed by atoms with van der Waals surface area (Å²) in [6.45, 7) is 0. The molecule has 0 radical (unpaired) electrons. The molecule has 3 nitrogen and oxygen atoms in total. The van der Waals surface area contributed by atoms with Crippen molar-refractivity contribution in [2.45, 2.75) is 10.6 Å². The van der Waals surface area contributed by atoms with Gasteiger partial charge in [-0.05, 0) is 18.2 Å². The maximum atomic E-state index is 10.7. The molecule has 2 rings (SSSR count). The Balaban J connectivity index is 2.08. The second-order valence-electron chi connectivity index (χ2n) is 3.65. The van der Waals surface area contributed by atoms with E-state index in [4.69, 9.17) is 4.74 Å². The molecule has 2 aromatic rings. The first-order valence-corrected chi connectivity index (χ1v) is 6.48. The summed E-state index contributed by atoms with van der Waals surface area (Å²) in [5.74, 6) is 1.41. The Kier molecular flexibility index (Phi) is 4.36. The predicted octanol–water partition coefficient (Wildman–Crippen LogP) is 3.20. The zero-order chi connectivity index (χ0) is 12.8. The number of carbonyl (C=O) groups is 1. The number of aromatic nitrogens is 1. The summed E-state index contributed by atoms with van der Waals surface area (Å²) in [6, 6.07) is 11.4. The van der Waals surface area contributed by atoms with E-state index in [1.54, 1.807) is 31.1 Å². The predicted molar refractivity (Wildman–Crippen MR) is 72.2 cm³/mol. The summed E-state index contributed by atoms with van der Waals surface area (Å²) in [6.07, 6.45) is 2.56. The molecule has 0 saturated carbocycles. The van der Waals surface area contributed by atoms with Crippen molar-refractivity contribution >= 4 is 18.0 Å². The number of ether oxygens (including phenoxy) is 1. The Morgan fingerprint density at radius 3 is 3.00 bits per heavy atom. The van der Waals surface area contributed by atoms with E-state index in [1.807, 2.05) is 30.3 Å². The summed E-state index contributed by atoms with van der Waals surface area (Å²) in [5.41, 5.74) is 1.74. The van der Waals surface area contributed by atoms with Crippen molar-refractivity contribution in [1.82, 2.24) is 4.98 Å². The third kappa shape index (κ3) is 3.11. The molecule has 0 aliphatic carbocycles. The lowest BCUT2D eigenvalue weighted by Gasteiger charge is -2.06. The van der Waals surface area contributed by atoms with E-state index in [1.165, 1.54) is 0 Å². The van der Waals surface area contributed by atoms with Gasteiger partial charge in [0.1, 0.15) is 6.29 Å². The Bertz CT molecular complexity index is 543. The number of benzene rings is 1. The van der Waals surface area contributed by atoms with Gasteiger partial charge in [0.2, 0.25) is 5.88 Å². The van der Waals surface area contributed by atoms with E-state index in [0.29, 0.717) is 11.4 Å². The largest absolute Gasteiger partial charge is 0.481 e. The second-order valence-corrected chi connectivity index (χ2v) is 4.70. The van der Waals surface area contributed by atoms with E-state index in [0.717, 1.165) is 22.5 Å². The van der Waals surface area contributed by atoms with Crippen LogP contribution in [0.15, 0.2) is 47.5 Å². The van der Waals surface area contributed by atoms with Crippen LogP contribution >= 0.6 is 11.8 Å². The Hall–Kier alpha value is -1.81. The van der Waals surface area contributed by atoms with E-state index >= 15 is 0 Å². The molecule has 18 heavy (non-hydrogen) atoms. The third-order valence-electron chi connectivity index (χ3n) is 2.43. The molecule has 4 heteroatoms. The van der Waals surface area contributed by atoms with Gasteiger partial charge in [-0.25, -0.2) is 4.98 Å². The highest BCUT2D eigenvalue weighted by molar-refractivity contribution is 7.98. The van der Waals surface area contributed by atoms with Gasteiger partial charge in [-0.3, -0.25) is 4.79 Å². The van der Waals surface area contributed by atoms with Crippen LogP contribution in [0.1, 0.15) is 15.9 Å². The average molecular weight is 259 g/mol. The fourth-order valence-electron chi connectivity index (χ4n) is 1.56. The van der Waals surface area contributed by atoms with Crippen molar-refractivity contribution in [2.75, 3.05) is 7.11 Å². The molecule has 0 spiro atoms. The Morgan fingerprint density at radius 2 is 2.22 bits per heavy atom. The van der Waals surface area contributed by atoms with Gasteiger partial charge in [-0.2, -0.15) is 0 Å². The van der Waals surface area contributed by atoms with Crippen LogP contribution in [0.25, 0.3) is 0 Å². The number of thioether (sulfide) groups is 1. The van der Waals surface area contributed by atoms with Crippen LogP contribution in [0.3, 0.4) is 0 Å². The molecule has 0 amide bonds. The minimum atomic E-state index is 0.650. The third-order valence-corrected chi connectivity index (χ3v) is 3.47. The number of rotatable bonds is 5. The smallest absolute Gasteiger partial charge is 0.217 e. The van der Waals surface area contributed by atoms with Crippen LogP contribution in [0.4, 0.5) is 0 Å². The van der Waals surface area contributed by atoms with Crippen molar-refractivity contribution in [1.29, 1.82) is 0 Å². The summed E-state index contributed by atoms with van der Waals surface area (Å²) in [5, 5.41) is 0. The van der Waals surface area contributed by atoms with Gasteiger partial charge < -0.3 is 4.74 Å². The van der Waals surface area contributed by atoms with Gasteiger partial charge >= 0.3 is 0 Å². The van der Waals surface area contributed by atoms with E-state index in [9.17, 15) is 4.79 Å². The fourth-order valence-corrected chi connectivity index (χ4v) is 2.49. The van der Waals surface area contributed by atoms with Crippen LogP contribution in [0.5, 0.6) is 5.88 Å². The van der Waals surface area contributed by atoms with E-state index < -0.39 is 0 Å². The number of hydrogen-bond donors (Lipinski definition) is 0. The molecular weight excluding hydrogens is 246 g/mol. The molecule has 0 atom stereocenters. The number of aldehydes is 1. The van der Waals surface area contributed by atoms with Gasteiger partial charge in [-0.1, -0.05) is 18.2 Å². The van der Waals surface area contributed by atoms with Gasteiger partial charge in [0.05, 0.1) is 7.11 Å². The van der Waals surface area contributed by atoms with Crippen molar-refractivity contribution in [3.63, 3.8) is 0 Å². The second kappa shape index (κ2) is 6.21. The first kappa shape index (κ1) is 12.6. The zero-order valence-electron chi connectivity index (χ0n) is 10.00. The summed E-state index contributed by atoms with van der Waals surface area (Å²) in [4.78, 5) is 15.9. The van der Waals surface area contributed by atoms with E-state index in [2.05, 4.69) is 4.98 Å². The molecular formula is C14H13NO2S. The molecule has 1 aromatic carbocycles. The molecule has 0 aliphatic heterocycles. The maximum absolute atomic E-state index is 10.7. The van der Waals surface area contributed by atoms with Crippen LogP contribution < -0.4 is 4.74 Å². The fraction of sp³-hybridized carbons (Fsp3) is 0.143. The topological polar surface area (TPSA) is 39.2 Å². The lowest BCUT2D eigenvalue weighted by molar-refractivity contribution is 0.112. The van der Waals surface area contributed by atoms with E-state index in [-0.39, 0.29) is 0 Å². The van der Waals surface area contributed by atoms with Gasteiger partial charge in [-0.15, -0.1) is 11.8 Å². The number of carbonyl (C=O) groups excluding carboxylic acids is 1. The molecule has 1 aromatic heterocycles. The standard InChI is InChI=1S/C14H13NO2S/c1-17-14-12(5-3-7-15-14)10-18-13-6-2-4-11(8-13)9-16/h2-9H,10H2,1H3. The molecule has 92 valence electrons. The molecule has 0 N–H and O–H groups in total. The highest BCUT2D eigenvalue weighted by Crippen LogP contribution is 2.26. The van der Waals surface area contributed by atoms with Gasteiger partial charge in [0.15, 0.2) is 0 Å². The number of hydrogen-bond acceptors (Lipinski definition) is 4. The highest BCUT2D eigenvalue weighted by Gasteiger charge is 2.04. The first-order valence-electron chi connectivity index (χ1n) is 5.49. The minimum Gasteiger partial charge on any atom is -0.481 e. The Morgan fingerprint density at radius 1 is 1.33 bits per heavy atom. The summed E-state index contributed by atoms with van der Waals surface area (Å²) >= 11 is 1.65. The number of methoxy groups -OCH3 is 1. The van der Waals surface area contributed by atoms with Crippen molar-refractivity contribution < 1.29 is 9.53 Å². The SMILES string of the molecule is COc1ncccc1CSc1cccc(C=O)c1. The molecule has 0 bridgehead atoms. The van der Waals surface area contributed by atoms with Gasteiger partial charge in [0.25, 0.3) is 0 Å². The lowest BCUT2D eigenvalue weighted by Crippen LogP contribution is -1.92. The average Bonchev–Trinajstić information content (AvgIpc) is 2.45. The van der Waals surface area contributed by atoms with Crippen LogP contribution in [-0.2, 0) is 5.75 Å². The van der Waals surface area contributed by atoms with Crippen molar-refractivity contribution in [3.05, 3.63) is 53.7 Å². The summed E-state index contributed by atoms with van der Waals surface area (Å²) < 4.78 is 5.20. The van der Waals surface area contributed by atoms with Crippen molar-refractivity contribution in [3.8, 4) is 5.88 Å². The molecule has 0 fully saturated rings. The number of nitrogens with zero attached hydrogens (tertiary/aromatic N) is 1. The summed E-state index contributed by atoms with van der Waals surface area (Å²) in [7, 11) is 1.61. The quantitative estimate of drug-likeness (QED) is 0.610. The highest BCUT2D eigenvalue weighted by atomic mass is 32.2. The maximum Gasteiger partial charge on any atom is 0.217 e. The Labute approximate surface area is 110 Å². The van der Waals surface area contributed by atoms with Crippen LogP contribution in [-0.4, -0.2) is 18.4 Å².